The van der Waals surface area contributed by atoms with Crippen molar-refractivity contribution in [1.29, 1.82) is 0 Å². The van der Waals surface area contributed by atoms with Crippen LogP contribution in [0.3, 0.4) is 0 Å². The van der Waals surface area contributed by atoms with Crippen molar-refractivity contribution in [3.05, 3.63) is 30.1 Å². The number of ether oxygens (including phenoxy) is 1. The molecule has 2 aromatic rings. The summed E-state index contributed by atoms with van der Waals surface area (Å²) in [6.45, 7) is 11.8. The highest BCUT2D eigenvalue weighted by atomic mass is 127. The fourth-order valence-corrected chi connectivity index (χ4v) is 3.06. The van der Waals surface area contributed by atoms with Gasteiger partial charge in [-0.25, -0.2) is 4.98 Å². The van der Waals surface area contributed by atoms with Crippen LogP contribution in [0.25, 0.3) is 11.0 Å². The Morgan fingerprint density at radius 2 is 2.00 bits per heavy atom. The first kappa shape index (κ1) is 24.7. The number of benzene rings is 1. The number of nitrogens with zero attached hydrogens (tertiary/aromatic N) is 2. The van der Waals surface area contributed by atoms with Crippen molar-refractivity contribution < 1.29 is 4.74 Å². The number of hydrogen-bond donors (Lipinski definition) is 3. The summed E-state index contributed by atoms with van der Waals surface area (Å²) in [5.41, 5.74) is 2.13. The Morgan fingerprint density at radius 3 is 2.68 bits per heavy atom. The van der Waals surface area contributed by atoms with Crippen molar-refractivity contribution in [2.75, 3.05) is 26.2 Å². The van der Waals surface area contributed by atoms with Gasteiger partial charge in [0.15, 0.2) is 5.96 Å². The Kier molecular flexibility index (Phi) is 12.1. The molecule has 0 aliphatic carbocycles. The number of aromatic amines is 1. The van der Waals surface area contributed by atoms with Gasteiger partial charge < -0.3 is 20.4 Å². The maximum Gasteiger partial charge on any atom is 0.191 e. The quantitative estimate of drug-likeness (QED) is 0.188. The molecule has 0 aliphatic heterocycles. The lowest BCUT2D eigenvalue weighted by molar-refractivity contribution is 0.0258. The minimum absolute atomic E-state index is 0. The topological polar surface area (TPSA) is 74.3 Å². The summed E-state index contributed by atoms with van der Waals surface area (Å²) in [6.07, 6.45) is 3.13. The molecule has 3 N–H and O–H groups in total. The molecule has 1 aromatic carbocycles. The third-order valence-corrected chi connectivity index (χ3v) is 4.47. The van der Waals surface area contributed by atoms with Crippen molar-refractivity contribution >= 4 is 41.0 Å². The smallest absolute Gasteiger partial charge is 0.191 e. The summed E-state index contributed by atoms with van der Waals surface area (Å²) in [4.78, 5) is 12.7. The van der Waals surface area contributed by atoms with Crippen LogP contribution in [0.15, 0.2) is 29.3 Å². The molecule has 1 atom stereocenters. The largest absolute Gasteiger partial charge is 0.378 e. The standard InChI is InChI=1S/C21H35N5O.HI/c1-5-22-21(24-15-13-19(16(3)4)27-6-2)23-14-9-12-20-25-17-10-7-8-11-18(17)26-20;/h7-8,10-11,16,19H,5-6,9,12-15H2,1-4H3,(H,25,26)(H2,22,23,24);1H. The van der Waals surface area contributed by atoms with Gasteiger partial charge in [-0.3, -0.25) is 4.99 Å². The third kappa shape index (κ3) is 8.34. The van der Waals surface area contributed by atoms with Gasteiger partial charge in [0, 0.05) is 32.7 Å². The monoisotopic (exact) mass is 501 g/mol. The number of aryl methyl sites for hydroxylation is 1. The van der Waals surface area contributed by atoms with E-state index < -0.39 is 0 Å². The van der Waals surface area contributed by atoms with E-state index in [4.69, 9.17) is 4.74 Å². The highest BCUT2D eigenvalue weighted by molar-refractivity contribution is 14.0. The molecule has 1 aromatic heterocycles. The van der Waals surface area contributed by atoms with E-state index in [-0.39, 0.29) is 24.0 Å². The van der Waals surface area contributed by atoms with Crippen LogP contribution in [0.1, 0.15) is 46.4 Å². The van der Waals surface area contributed by atoms with Gasteiger partial charge in [0.1, 0.15) is 5.82 Å². The summed E-state index contributed by atoms with van der Waals surface area (Å²) in [5.74, 6) is 2.43. The Labute approximate surface area is 186 Å². The molecule has 2 rings (SSSR count). The number of aromatic nitrogens is 2. The molecule has 0 bridgehead atoms. The van der Waals surface area contributed by atoms with E-state index in [1.54, 1.807) is 0 Å². The predicted molar refractivity (Wildman–Crippen MR) is 129 cm³/mol. The number of para-hydroxylation sites is 2. The number of hydrogen-bond acceptors (Lipinski definition) is 3. The van der Waals surface area contributed by atoms with E-state index in [1.165, 1.54) is 0 Å². The number of imidazole rings is 1. The van der Waals surface area contributed by atoms with Crippen LogP contribution in [-0.2, 0) is 11.2 Å². The summed E-state index contributed by atoms with van der Waals surface area (Å²) in [6, 6.07) is 8.14. The van der Waals surface area contributed by atoms with Crippen LogP contribution in [0, 0.1) is 5.92 Å². The molecule has 158 valence electrons. The van der Waals surface area contributed by atoms with E-state index >= 15 is 0 Å². The zero-order chi connectivity index (χ0) is 19.5. The fraction of sp³-hybridized carbons (Fsp3) is 0.619. The van der Waals surface area contributed by atoms with Gasteiger partial charge in [0.25, 0.3) is 0 Å². The van der Waals surface area contributed by atoms with Crippen molar-refractivity contribution in [3.8, 4) is 0 Å². The lowest BCUT2D eigenvalue weighted by Crippen LogP contribution is -2.39. The number of nitrogens with one attached hydrogen (secondary N) is 3. The number of H-pyrrole nitrogens is 1. The summed E-state index contributed by atoms with van der Waals surface area (Å²) >= 11 is 0. The number of aliphatic imine (C=N–C) groups is 1. The molecule has 1 unspecified atom stereocenters. The van der Waals surface area contributed by atoms with Crippen LogP contribution < -0.4 is 10.6 Å². The van der Waals surface area contributed by atoms with Gasteiger partial charge in [0.2, 0.25) is 0 Å². The van der Waals surface area contributed by atoms with Gasteiger partial charge in [-0.05, 0) is 44.7 Å². The maximum atomic E-state index is 5.81. The number of fused-ring (bicyclic) bond motifs is 1. The molecule has 6 nitrogen and oxygen atoms in total. The second-order valence-corrected chi connectivity index (χ2v) is 7.02. The summed E-state index contributed by atoms with van der Waals surface area (Å²) < 4.78 is 5.81. The van der Waals surface area contributed by atoms with Crippen LogP contribution in [-0.4, -0.2) is 48.3 Å². The van der Waals surface area contributed by atoms with E-state index in [1.807, 2.05) is 18.2 Å². The molecule has 28 heavy (non-hydrogen) atoms. The molecule has 0 saturated carbocycles. The normalized spacial score (nSPS) is 12.8. The molecule has 1 heterocycles. The molecular weight excluding hydrogens is 465 g/mol. The number of guanidine groups is 1. The molecule has 0 radical (unpaired) electrons. The van der Waals surface area contributed by atoms with Gasteiger partial charge in [-0.15, -0.1) is 24.0 Å². The maximum absolute atomic E-state index is 5.81. The first-order valence-corrected chi connectivity index (χ1v) is 10.2. The Hall–Kier alpha value is -1.35. The van der Waals surface area contributed by atoms with Crippen molar-refractivity contribution in [2.45, 2.75) is 53.1 Å². The van der Waals surface area contributed by atoms with Gasteiger partial charge >= 0.3 is 0 Å². The third-order valence-electron chi connectivity index (χ3n) is 4.47. The van der Waals surface area contributed by atoms with Crippen molar-refractivity contribution in [3.63, 3.8) is 0 Å². The minimum atomic E-state index is 0. The molecule has 0 amide bonds. The van der Waals surface area contributed by atoms with Gasteiger partial charge in [-0.2, -0.15) is 0 Å². The van der Waals surface area contributed by atoms with E-state index in [0.29, 0.717) is 12.0 Å². The van der Waals surface area contributed by atoms with E-state index in [9.17, 15) is 0 Å². The summed E-state index contributed by atoms with van der Waals surface area (Å²) in [5, 5.41) is 6.73. The van der Waals surface area contributed by atoms with Crippen molar-refractivity contribution in [2.24, 2.45) is 10.9 Å². The Bertz CT molecular complexity index is 668. The minimum Gasteiger partial charge on any atom is -0.378 e. The summed E-state index contributed by atoms with van der Waals surface area (Å²) in [7, 11) is 0. The average Bonchev–Trinajstić information content (AvgIpc) is 3.07. The zero-order valence-electron chi connectivity index (χ0n) is 17.6. The van der Waals surface area contributed by atoms with Crippen LogP contribution in [0.5, 0.6) is 0 Å². The molecule has 0 spiro atoms. The van der Waals surface area contributed by atoms with E-state index in [2.05, 4.69) is 59.4 Å². The molecule has 0 fully saturated rings. The van der Waals surface area contributed by atoms with Gasteiger partial charge in [0.05, 0.1) is 17.1 Å². The zero-order valence-corrected chi connectivity index (χ0v) is 20.0. The molecule has 0 aliphatic rings. The molecule has 7 heteroatoms. The fourth-order valence-electron chi connectivity index (χ4n) is 3.06. The first-order valence-electron chi connectivity index (χ1n) is 10.2. The number of halogens is 1. The molecule has 0 saturated heterocycles. The van der Waals surface area contributed by atoms with Gasteiger partial charge in [-0.1, -0.05) is 26.0 Å². The molecular formula is C21H36IN5O. The van der Waals surface area contributed by atoms with E-state index in [0.717, 1.165) is 68.3 Å². The first-order chi connectivity index (χ1) is 13.1. The second-order valence-electron chi connectivity index (χ2n) is 7.02. The van der Waals surface area contributed by atoms with Crippen LogP contribution in [0.4, 0.5) is 0 Å². The van der Waals surface area contributed by atoms with Crippen LogP contribution >= 0.6 is 24.0 Å². The highest BCUT2D eigenvalue weighted by Crippen LogP contribution is 2.11. The lowest BCUT2D eigenvalue weighted by Gasteiger charge is -2.21. The SMILES string of the molecule is CCNC(=NCCCc1nc2ccccc2[nH]1)NCCC(OCC)C(C)C.I. The Balaban J connectivity index is 0.00000392. The average molecular weight is 501 g/mol. The van der Waals surface area contributed by atoms with Crippen molar-refractivity contribution in [1.82, 2.24) is 20.6 Å². The highest BCUT2D eigenvalue weighted by Gasteiger charge is 2.12. The lowest BCUT2D eigenvalue weighted by atomic mass is 10.0. The van der Waals surface area contributed by atoms with Crippen LogP contribution in [0.2, 0.25) is 0 Å². The second kappa shape index (κ2) is 13.8. The Morgan fingerprint density at radius 1 is 1.21 bits per heavy atom. The number of rotatable bonds is 11. The predicted octanol–water partition coefficient (Wildman–Crippen LogP) is 4.12.